The molecule has 0 radical (unpaired) electrons. The zero-order valence-electron chi connectivity index (χ0n) is 13.8. The number of carbonyl (C=O) groups is 2. The second kappa shape index (κ2) is 7.68. The maximum atomic E-state index is 12.5. The first-order valence-electron chi connectivity index (χ1n) is 7.87. The van der Waals surface area contributed by atoms with Crippen LogP contribution in [0.25, 0.3) is 0 Å². The first-order valence-corrected chi connectivity index (χ1v) is 8.24. The molecule has 0 aromatic heterocycles. The van der Waals surface area contributed by atoms with Crippen LogP contribution >= 0.6 is 11.6 Å². The van der Waals surface area contributed by atoms with E-state index >= 15 is 0 Å². The van der Waals surface area contributed by atoms with Crippen LogP contribution in [-0.4, -0.2) is 42.5 Å². The largest absolute Gasteiger partial charge is 0.465 e. The highest BCUT2D eigenvalue weighted by Crippen LogP contribution is 2.24. The molecule has 0 spiro atoms. The summed E-state index contributed by atoms with van der Waals surface area (Å²) in [4.78, 5) is 26.1. The third-order valence-electron chi connectivity index (χ3n) is 4.30. The highest BCUT2D eigenvalue weighted by molar-refractivity contribution is 6.33. The highest BCUT2D eigenvalue weighted by Gasteiger charge is 2.28. The Hall–Kier alpha value is -1.75. The Balaban J connectivity index is 2.03. The topological polar surface area (TPSA) is 58.6 Å². The molecule has 23 heavy (non-hydrogen) atoms. The van der Waals surface area contributed by atoms with Crippen molar-refractivity contribution in [1.29, 1.82) is 0 Å². The lowest BCUT2D eigenvalue weighted by Gasteiger charge is -2.39. The number of carbonyl (C=O) groups excluding carboxylic acids is 2. The summed E-state index contributed by atoms with van der Waals surface area (Å²) in [6, 6.07) is 5.50. The average Bonchev–Trinajstić information content (AvgIpc) is 2.53. The van der Waals surface area contributed by atoms with Crippen LogP contribution in [0, 0.1) is 0 Å². The number of hydrogen-bond acceptors (Lipinski definition) is 4. The van der Waals surface area contributed by atoms with E-state index in [4.69, 9.17) is 16.3 Å². The van der Waals surface area contributed by atoms with Gasteiger partial charge in [0.2, 0.25) is 5.91 Å². The molecule has 1 fully saturated rings. The van der Waals surface area contributed by atoms with Crippen molar-refractivity contribution in [1.82, 2.24) is 4.90 Å². The van der Waals surface area contributed by atoms with Crippen LogP contribution in [0.15, 0.2) is 18.2 Å². The minimum Gasteiger partial charge on any atom is -0.465 e. The number of nitrogens with zero attached hydrogens (tertiary/aromatic N) is 1. The van der Waals surface area contributed by atoms with Gasteiger partial charge in [-0.3, -0.25) is 4.79 Å². The SMILES string of the molecule is COC(=O)c1cc(NCC(=O)N2[C@H](C)CCC[C@H]2C)ccc1Cl. The van der Waals surface area contributed by atoms with E-state index in [-0.39, 0.29) is 30.1 Å². The molecule has 1 aromatic rings. The third-order valence-corrected chi connectivity index (χ3v) is 4.63. The van der Waals surface area contributed by atoms with Gasteiger partial charge in [-0.25, -0.2) is 4.79 Å². The van der Waals surface area contributed by atoms with Crippen molar-refractivity contribution in [2.75, 3.05) is 19.0 Å². The molecule has 2 rings (SSSR count). The molecule has 1 N–H and O–H groups in total. The lowest BCUT2D eigenvalue weighted by atomic mass is 9.97. The lowest BCUT2D eigenvalue weighted by molar-refractivity contribution is -0.135. The quantitative estimate of drug-likeness (QED) is 0.855. The van der Waals surface area contributed by atoms with Crippen LogP contribution in [0.2, 0.25) is 5.02 Å². The second-order valence-corrected chi connectivity index (χ2v) is 6.38. The zero-order valence-corrected chi connectivity index (χ0v) is 14.5. The predicted molar refractivity (Wildman–Crippen MR) is 90.9 cm³/mol. The van der Waals surface area contributed by atoms with Gasteiger partial charge in [-0.2, -0.15) is 0 Å². The third kappa shape index (κ3) is 4.16. The van der Waals surface area contributed by atoms with Gasteiger partial charge in [-0.1, -0.05) is 11.6 Å². The molecule has 1 aromatic carbocycles. The van der Waals surface area contributed by atoms with E-state index in [1.165, 1.54) is 13.5 Å². The Labute approximate surface area is 141 Å². The fourth-order valence-corrected chi connectivity index (χ4v) is 3.28. The molecule has 6 heteroatoms. The highest BCUT2D eigenvalue weighted by atomic mass is 35.5. The fraction of sp³-hybridized carbons (Fsp3) is 0.529. The number of esters is 1. The van der Waals surface area contributed by atoms with Gasteiger partial charge in [0, 0.05) is 17.8 Å². The number of halogens is 1. The standard InChI is InChI=1S/C17H23ClN2O3/c1-11-5-4-6-12(2)20(11)16(21)10-19-13-7-8-15(18)14(9-13)17(22)23-3/h7-9,11-12,19H,4-6,10H2,1-3H3/t11-,12-/m1/s1. The van der Waals surface area contributed by atoms with Gasteiger partial charge < -0.3 is 15.0 Å². The minimum absolute atomic E-state index is 0.0688. The van der Waals surface area contributed by atoms with Crippen LogP contribution in [0.1, 0.15) is 43.5 Å². The van der Waals surface area contributed by atoms with E-state index < -0.39 is 5.97 Å². The molecule has 0 unspecified atom stereocenters. The van der Waals surface area contributed by atoms with Gasteiger partial charge in [0.1, 0.15) is 0 Å². The molecule has 2 atom stereocenters. The van der Waals surface area contributed by atoms with Gasteiger partial charge >= 0.3 is 5.97 Å². The summed E-state index contributed by atoms with van der Waals surface area (Å²) >= 11 is 5.99. The lowest BCUT2D eigenvalue weighted by Crippen LogP contribution is -2.49. The van der Waals surface area contributed by atoms with Crippen molar-refractivity contribution in [3.63, 3.8) is 0 Å². The van der Waals surface area contributed by atoms with Crippen molar-refractivity contribution in [2.45, 2.75) is 45.2 Å². The molecule has 1 aliphatic heterocycles. The molecule has 1 saturated heterocycles. The summed E-state index contributed by atoms with van der Waals surface area (Å²) in [5, 5.41) is 3.40. The van der Waals surface area contributed by atoms with Crippen molar-refractivity contribution in [3.8, 4) is 0 Å². The van der Waals surface area contributed by atoms with Crippen molar-refractivity contribution < 1.29 is 14.3 Å². The molecule has 126 valence electrons. The van der Waals surface area contributed by atoms with Gasteiger partial charge in [-0.15, -0.1) is 0 Å². The number of methoxy groups -OCH3 is 1. The van der Waals surface area contributed by atoms with E-state index in [1.807, 2.05) is 4.90 Å². The van der Waals surface area contributed by atoms with Crippen LogP contribution in [0.5, 0.6) is 0 Å². The van der Waals surface area contributed by atoms with Gasteiger partial charge in [-0.05, 0) is 51.3 Å². The molecule has 0 saturated carbocycles. The summed E-state index contributed by atoms with van der Waals surface area (Å²) in [6.45, 7) is 4.37. The number of benzene rings is 1. The average molecular weight is 339 g/mol. The van der Waals surface area contributed by atoms with E-state index in [0.717, 1.165) is 12.8 Å². The molecule has 1 heterocycles. The maximum Gasteiger partial charge on any atom is 0.339 e. The number of likely N-dealkylation sites (tertiary alicyclic amines) is 1. The van der Waals surface area contributed by atoms with E-state index in [2.05, 4.69) is 19.2 Å². The van der Waals surface area contributed by atoms with Crippen LogP contribution in [0.4, 0.5) is 5.69 Å². The van der Waals surface area contributed by atoms with E-state index in [9.17, 15) is 9.59 Å². The molecule has 1 aliphatic rings. The Kier molecular flexibility index (Phi) is 5.88. The summed E-state index contributed by atoms with van der Waals surface area (Å²) in [5.74, 6) is -0.428. The predicted octanol–water partition coefficient (Wildman–Crippen LogP) is 3.33. The van der Waals surface area contributed by atoms with Gasteiger partial charge in [0.05, 0.1) is 24.2 Å². The Morgan fingerprint density at radius 1 is 1.30 bits per heavy atom. The molecule has 0 aliphatic carbocycles. The summed E-state index contributed by atoms with van der Waals surface area (Å²) < 4.78 is 4.69. The number of rotatable bonds is 4. The summed E-state index contributed by atoms with van der Waals surface area (Å²) in [6.07, 6.45) is 3.26. The summed E-state index contributed by atoms with van der Waals surface area (Å²) in [7, 11) is 1.31. The molecular formula is C17H23ClN2O3. The number of piperidine rings is 1. The van der Waals surface area contributed by atoms with Crippen LogP contribution < -0.4 is 5.32 Å². The maximum absolute atomic E-state index is 12.5. The van der Waals surface area contributed by atoms with Gasteiger partial charge in [0.25, 0.3) is 0 Å². The molecule has 5 nitrogen and oxygen atoms in total. The number of ether oxygens (including phenoxy) is 1. The number of nitrogens with one attached hydrogen (secondary N) is 1. The van der Waals surface area contributed by atoms with Crippen molar-refractivity contribution in [2.24, 2.45) is 0 Å². The number of hydrogen-bond donors (Lipinski definition) is 1. The molecule has 0 bridgehead atoms. The number of anilines is 1. The van der Waals surface area contributed by atoms with E-state index in [0.29, 0.717) is 10.7 Å². The summed E-state index contributed by atoms with van der Waals surface area (Å²) in [5.41, 5.74) is 0.951. The van der Waals surface area contributed by atoms with E-state index in [1.54, 1.807) is 18.2 Å². The second-order valence-electron chi connectivity index (χ2n) is 5.97. The van der Waals surface area contributed by atoms with Gasteiger partial charge in [0.15, 0.2) is 0 Å². The monoisotopic (exact) mass is 338 g/mol. The Bertz CT molecular complexity index is 581. The molecule has 1 amide bonds. The van der Waals surface area contributed by atoms with Crippen molar-refractivity contribution in [3.05, 3.63) is 28.8 Å². The smallest absolute Gasteiger partial charge is 0.339 e. The fourth-order valence-electron chi connectivity index (χ4n) is 3.08. The minimum atomic E-state index is -0.497. The first kappa shape index (κ1) is 17.6. The van der Waals surface area contributed by atoms with Crippen molar-refractivity contribution >= 4 is 29.2 Å². The van der Waals surface area contributed by atoms with Crippen LogP contribution in [-0.2, 0) is 9.53 Å². The van der Waals surface area contributed by atoms with Crippen LogP contribution in [0.3, 0.4) is 0 Å². The normalized spacial score (nSPS) is 21.0. The Morgan fingerprint density at radius 3 is 2.57 bits per heavy atom. The zero-order chi connectivity index (χ0) is 17.0. The first-order chi connectivity index (χ1) is 10.9. The number of amides is 1. The molecular weight excluding hydrogens is 316 g/mol. The Morgan fingerprint density at radius 2 is 1.96 bits per heavy atom.